The van der Waals surface area contributed by atoms with Gasteiger partial charge in [0.2, 0.25) is 0 Å². The molecule has 0 aliphatic heterocycles. The summed E-state index contributed by atoms with van der Waals surface area (Å²) < 4.78 is 16.0. The summed E-state index contributed by atoms with van der Waals surface area (Å²) >= 11 is 6.03. The second-order valence-corrected chi connectivity index (χ2v) is 8.12. The minimum atomic E-state index is -1.00. The molecule has 1 atom stereocenters. The Hall–Kier alpha value is -4.04. The smallest absolute Gasteiger partial charge is 0.338 e. The molecule has 3 aromatic carbocycles. The van der Waals surface area contributed by atoms with Gasteiger partial charge < -0.3 is 24.5 Å². The number of hydrogen-bond acceptors (Lipinski definition) is 6. The van der Waals surface area contributed by atoms with Crippen LogP contribution in [0.1, 0.15) is 23.7 Å². The van der Waals surface area contributed by atoms with Crippen molar-refractivity contribution in [2.24, 2.45) is 0 Å². The molecule has 0 aliphatic carbocycles. The van der Waals surface area contributed by atoms with E-state index in [-0.39, 0.29) is 6.42 Å². The van der Waals surface area contributed by atoms with Gasteiger partial charge in [-0.2, -0.15) is 0 Å². The molecule has 4 aromatic rings. The average Bonchev–Trinajstić information content (AvgIpc) is 3.30. The lowest BCUT2D eigenvalue weighted by Crippen LogP contribution is -2.32. The fourth-order valence-corrected chi connectivity index (χ4v) is 3.70. The van der Waals surface area contributed by atoms with E-state index < -0.39 is 18.0 Å². The standard InChI is InChI=1S/C26H24ClN3O5/c1-4-22(25(31)30-21-14-17(27)8-12-23(21)34-3)35-26(32)16-7-11-19-20(13-16)29-24(28-19)15-5-9-18(33-2)10-6-15/h5-14,22H,4H2,1-3H3,(H,28,29)(H,30,31). The van der Waals surface area contributed by atoms with Crippen molar-refractivity contribution < 1.29 is 23.8 Å². The van der Waals surface area contributed by atoms with E-state index in [0.29, 0.717) is 38.9 Å². The Kier molecular flexibility index (Phi) is 7.22. The number of nitrogens with zero attached hydrogens (tertiary/aromatic N) is 1. The maximum absolute atomic E-state index is 12.8. The van der Waals surface area contributed by atoms with Gasteiger partial charge in [-0.05, 0) is 67.1 Å². The number of carbonyl (C=O) groups is 2. The minimum absolute atomic E-state index is 0.286. The first-order valence-corrected chi connectivity index (χ1v) is 11.3. The van der Waals surface area contributed by atoms with Crippen LogP contribution in [0.3, 0.4) is 0 Å². The van der Waals surface area contributed by atoms with E-state index in [1.807, 2.05) is 24.3 Å². The summed E-state index contributed by atoms with van der Waals surface area (Å²) in [6, 6.07) is 17.4. The lowest BCUT2D eigenvalue weighted by Gasteiger charge is -2.17. The highest BCUT2D eigenvalue weighted by molar-refractivity contribution is 6.31. The molecule has 0 radical (unpaired) electrons. The third kappa shape index (κ3) is 5.38. The zero-order chi connectivity index (χ0) is 24.9. The topological polar surface area (TPSA) is 103 Å². The van der Waals surface area contributed by atoms with Crippen LogP contribution >= 0.6 is 11.6 Å². The van der Waals surface area contributed by atoms with Crippen molar-refractivity contribution in [1.29, 1.82) is 0 Å². The predicted molar refractivity (Wildman–Crippen MR) is 134 cm³/mol. The van der Waals surface area contributed by atoms with E-state index in [1.54, 1.807) is 50.4 Å². The maximum atomic E-state index is 12.8. The van der Waals surface area contributed by atoms with Gasteiger partial charge in [0.05, 0.1) is 36.5 Å². The molecule has 0 spiro atoms. The summed E-state index contributed by atoms with van der Waals surface area (Å²) in [5.74, 6) is 0.757. The minimum Gasteiger partial charge on any atom is -0.497 e. The van der Waals surface area contributed by atoms with Gasteiger partial charge >= 0.3 is 5.97 Å². The number of aromatic nitrogens is 2. The monoisotopic (exact) mass is 493 g/mol. The summed E-state index contributed by atoms with van der Waals surface area (Å²) in [6.45, 7) is 1.76. The van der Waals surface area contributed by atoms with Crippen LogP contribution in [0.5, 0.6) is 11.5 Å². The molecule has 4 rings (SSSR count). The number of ether oxygens (including phenoxy) is 3. The molecule has 0 bridgehead atoms. The summed E-state index contributed by atoms with van der Waals surface area (Å²) in [6.07, 6.45) is -0.715. The summed E-state index contributed by atoms with van der Waals surface area (Å²) in [5, 5.41) is 3.16. The Balaban J connectivity index is 1.49. The highest BCUT2D eigenvalue weighted by Gasteiger charge is 2.23. The number of imidazole rings is 1. The van der Waals surface area contributed by atoms with Crippen molar-refractivity contribution in [3.63, 3.8) is 0 Å². The Morgan fingerprint density at radius 2 is 1.80 bits per heavy atom. The number of nitrogens with one attached hydrogen (secondary N) is 2. The zero-order valence-electron chi connectivity index (χ0n) is 19.4. The van der Waals surface area contributed by atoms with E-state index in [0.717, 1.165) is 11.3 Å². The number of methoxy groups -OCH3 is 2. The van der Waals surface area contributed by atoms with Crippen LogP contribution < -0.4 is 14.8 Å². The quantitative estimate of drug-likeness (QED) is 0.315. The van der Waals surface area contributed by atoms with Crippen LogP contribution in [-0.4, -0.2) is 42.2 Å². The highest BCUT2D eigenvalue weighted by Crippen LogP contribution is 2.28. The highest BCUT2D eigenvalue weighted by atomic mass is 35.5. The summed E-state index contributed by atoms with van der Waals surface area (Å²) in [4.78, 5) is 33.4. The second-order valence-electron chi connectivity index (χ2n) is 7.68. The Bertz CT molecular complexity index is 1370. The Morgan fingerprint density at radius 3 is 2.49 bits per heavy atom. The fraction of sp³-hybridized carbons (Fsp3) is 0.192. The van der Waals surface area contributed by atoms with Gasteiger partial charge in [-0.15, -0.1) is 0 Å². The number of benzene rings is 3. The van der Waals surface area contributed by atoms with Gasteiger partial charge in [0, 0.05) is 10.6 Å². The van der Waals surface area contributed by atoms with E-state index in [9.17, 15) is 9.59 Å². The Morgan fingerprint density at radius 1 is 1.03 bits per heavy atom. The number of halogens is 1. The molecule has 1 heterocycles. The number of rotatable bonds is 8. The van der Waals surface area contributed by atoms with Crippen LogP contribution in [0.25, 0.3) is 22.4 Å². The summed E-state index contributed by atoms with van der Waals surface area (Å²) in [7, 11) is 3.10. The van der Waals surface area contributed by atoms with E-state index >= 15 is 0 Å². The van der Waals surface area contributed by atoms with Crippen molar-refractivity contribution in [2.45, 2.75) is 19.4 Å². The molecule has 0 saturated carbocycles. The van der Waals surface area contributed by atoms with Gasteiger partial charge in [-0.3, -0.25) is 4.79 Å². The van der Waals surface area contributed by atoms with Crippen LogP contribution in [0.2, 0.25) is 5.02 Å². The normalized spacial score (nSPS) is 11.7. The van der Waals surface area contributed by atoms with Crippen molar-refractivity contribution in [1.82, 2.24) is 9.97 Å². The third-order valence-corrected chi connectivity index (χ3v) is 5.65. The van der Waals surface area contributed by atoms with Crippen LogP contribution in [0.15, 0.2) is 60.7 Å². The van der Waals surface area contributed by atoms with Crippen LogP contribution in [0, 0.1) is 0 Å². The van der Waals surface area contributed by atoms with E-state index in [2.05, 4.69) is 15.3 Å². The van der Waals surface area contributed by atoms with Gasteiger partial charge in [0.1, 0.15) is 17.3 Å². The number of anilines is 1. The SMILES string of the molecule is CCC(OC(=O)c1ccc2nc(-c3ccc(OC)cc3)[nH]c2c1)C(=O)Nc1cc(Cl)ccc1OC. The number of aromatic amines is 1. The molecular formula is C26H24ClN3O5. The predicted octanol–water partition coefficient (Wildman–Crippen LogP) is 5.47. The first kappa shape index (κ1) is 24.1. The molecule has 0 fully saturated rings. The first-order chi connectivity index (χ1) is 16.9. The number of H-pyrrole nitrogens is 1. The molecule has 35 heavy (non-hydrogen) atoms. The number of esters is 1. The molecule has 180 valence electrons. The molecule has 1 amide bonds. The van der Waals surface area contributed by atoms with E-state index in [4.69, 9.17) is 25.8 Å². The molecule has 9 heteroatoms. The first-order valence-electron chi connectivity index (χ1n) is 10.9. The lowest BCUT2D eigenvalue weighted by molar-refractivity contribution is -0.124. The molecule has 8 nitrogen and oxygen atoms in total. The lowest BCUT2D eigenvalue weighted by atomic mass is 10.2. The van der Waals surface area contributed by atoms with E-state index in [1.165, 1.54) is 7.11 Å². The van der Waals surface area contributed by atoms with Crippen molar-refractivity contribution in [3.8, 4) is 22.9 Å². The Labute approximate surface area is 207 Å². The maximum Gasteiger partial charge on any atom is 0.338 e. The number of carbonyl (C=O) groups excluding carboxylic acids is 2. The fourth-order valence-electron chi connectivity index (χ4n) is 3.53. The van der Waals surface area contributed by atoms with Gasteiger partial charge in [-0.1, -0.05) is 18.5 Å². The largest absolute Gasteiger partial charge is 0.497 e. The molecule has 2 N–H and O–H groups in total. The number of amides is 1. The number of fused-ring (bicyclic) bond motifs is 1. The van der Waals surface area contributed by atoms with Gasteiger partial charge in [0.15, 0.2) is 6.10 Å². The molecular weight excluding hydrogens is 470 g/mol. The number of hydrogen-bond donors (Lipinski definition) is 2. The molecule has 1 aromatic heterocycles. The van der Waals surface area contributed by atoms with Gasteiger partial charge in [0.25, 0.3) is 5.91 Å². The second kappa shape index (κ2) is 10.5. The van der Waals surface area contributed by atoms with Crippen LogP contribution in [-0.2, 0) is 9.53 Å². The average molecular weight is 494 g/mol. The molecule has 0 saturated heterocycles. The molecule has 1 unspecified atom stereocenters. The summed E-state index contributed by atoms with van der Waals surface area (Å²) in [5.41, 5.74) is 2.94. The van der Waals surface area contributed by atoms with Crippen molar-refractivity contribution in [2.75, 3.05) is 19.5 Å². The van der Waals surface area contributed by atoms with Crippen molar-refractivity contribution in [3.05, 3.63) is 71.2 Å². The van der Waals surface area contributed by atoms with Crippen molar-refractivity contribution >= 4 is 40.2 Å². The van der Waals surface area contributed by atoms with Gasteiger partial charge in [-0.25, -0.2) is 9.78 Å². The third-order valence-electron chi connectivity index (χ3n) is 5.41. The molecule has 0 aliphatic rings. The zero-order valence-corrected chi connectivity index (χ0v) is 20.2. The van der Waals surface area contributed by atoms with Crippen LogP contribution in [0.4, 0.5) is 5.69 Å².